The van der Waals surface area contributed by atoms with Crippen molar-refractivity contribution in [1.29, 1.82) is 0 Å². The molecule has 1 aromatic heterocycles. The number of benzene rings is 2. The van der Waals surface area contributed by atoms with Gasteiger partial charge >= 0.3 is 0 Å². The molecule has 2 aromatic carbocycles. The van der Waals surface area contributed by atoms with E-state index >= 15 is 0 Å². The average Bonchev–Trinajstić information content (AvgIpc) is 2.92. The van der Waals surface area contributed by atoms with Crippen LogP contribution >= 0.6 is 0 Å². The van der Waals surface area contributed by atoms with E-state index in [2.05, 4.69) is 35.6 Å². The molecule has 0 amide bonds. The van der Waals surface area contributed by atoms with E-state index in [0.717, 1.165) is 36.5 Å². The van der Waals surface area contributed by atoms with Crippen molar-refractivity contribution in [1.82, 2.24) is 0 Å². The van der Waals surface area contributed by atoms with Crippen molar-refractivity contribution in [2.75, 3.05) is 11.9 Å². The van der Waals surface area contributed by atoms with Crippen molar-refractivity contribution in [3.63, 3.8) is 0 Å². The molecule has 0 unspecified atom stereocenters. The zero-order valence-corrected chi connectivity index (χ0v) is 12.7. The maximum atomic E-state index is 5.98. The standard InChI is InChI=1S/C19H22N2O/c20-14-7-5-13(6-8-14)12-21-15-9-10-19-17(11-15)16-3-1-2-4-18(16)22-19/h1-4,9-11,13-14,21H,5-8,12,20H2. The summed E-state index contributed by atoms with van der Waals surface area (Å²) in [5.41, 5.74) is 9.06. The molecule has 1 aliphatic rings. The van der Waals surface area contributed by atoms with Crippen molar-refractivity contribution in [3.05, 3.63) is 42.5 Å². The summed E-state index contributed by atoms with van der Waals surface area (Å²) < 4.78 is 5.87. The van der Waals surface area contributed by atoms with Crippen molar-refractivity contribution in [2.45, 2.75) is 31.7 Å². The second-order valence-electron chi connectivity index (χ2n) is 6.47. The number of fused-ring (bicyclic) bond motifs is 3. The second-order valence-corrected chi connectivity index (χ2v) is 6.47. The molecule has 4 rings (SSSR count). The second kappa shape index (κ2) is 5.65. The third-order valence-electron chi connectivity index (χ3n) is 4.86. The van der Waals surface area contributed by atoms with E-state index in [1.165, 1.54) is 29.3 Å². The van der Waals surface area contributed by atoms with Gasteiger partial charge in [0.05, 0.1) is 0 Å². The summed E-state index contributed by atoms with van der Waals surface area (Å²) >= 11 is 0. The lowest BCUT2D eigenvalue weighted by Gasteiger charge is -2.26. The van der Waals surface area contributed by atoms with E-state index in [0.29, 0.717) is 6.04 Å². The largest absolute Gasteiger partial charge is 0.456 e. The molecule has 1 aliphatic carbocycles. The summed E-state index contributed by atoms with van der Waals surface area (Å²) in [6, 6.07) is 15.0. The zero-order chi connectivity index (χ0) is 14.9. The van der Waals surface area contributed by atoms with Gasteiger partial charge in [-0.25, -0.2) is 0 Å². The Morgan fingerprint density at radius 1 is 0.955 bits per heavy atom. The summed E-state index contributed by atoms with van der Waals surface area (Å²) in [4.78, 5) is 0. The van der Waals surface area contributed by atoms with Gasteiger partial charge in [0, 0.05) is 29.0 Å². The third-order valence-corrected chi connectivity index (χ3v) is 4.86. The van der Waals surface area contributed by atoms with Crippen LogP contribution in [0.4, 0.5) is 5.69 Å². The SMILES string of the molecule is NC1CCC(CNc2ccc3oc4ccccc4c3c2)CC1. The molecule has 22 heavy (non-hydrogen) atoms. The molecule has 0 aliphatic heterocycles. The van der Waals surface area contributed by atoms with Crippen LogP contribution in [-0.2, 0) is 0 Å². The van der Waals surface area contributed by atoms with Crippen molar-refractivity contribution in [3.8, 4) is 0 Å². The van der Waals surface area contributed by atoms with Gasteiger partial charge in [-0.2, -0.15) is 0 Å². The first-order chi connectivity index (χ1) is 10.8. The fourth-order valence-electron chi connectivity index (χ4n) is 3.49. The number of nitrogens with one attached hydrogen (secondary N) is 1. The van der Waals surface area contributed by atoms with Crippen molar-refractivity contribution in [2.24, 2.45) is 11.7 Å². The predicted octanol–water partition coefficient (Wildman–Crippen LogP) is 4.52. The van der Waals surface area contributed by atoms with E-state index in [-0.39, 0.29) is 0 Å². The number of nitrogens with two attached hydrogens (primary N) is 1. The minimum absolute atomic E-state index is 0.421. The topological polar surface area (TPSA) is 51.2 Å². The van der Waals surface area contributed by atoms with Crippen LogP contribution in [-0.4, -0.2) is 12.6 Å². The molecular weight excluding hydrogens is 272 g/mol. The first kappa shape index (κ1) is 13.6. The fraction of sp³-hybridized carbons (Fsp3) is 0.368. The molecule has 114 valence electrons. The van der Waals surface area contributed by atoms with Crippen molar-refractivity contribution < 1.29 is 4.42 Å². The highest BCUT2D eigenvalue weighted by Crippen LogP contribution is 2.31. The van der Waals surface area contributed by atoms with Gasteiger partial charge in [0.25, 0.3) is 0 Å². The van der Waals surface area contributed by atoms with Crippen LogP contribution in [0.5, 0.6) is 0 Å². The van der Waals surface area contributed by atoms with Gasteiger partial charge < -0.3 is 15.5 Å². The lowest BCUT2D eigenvalue weighted by atomic mass is 9.86. The van der Waals surface area contributed by atoms with Crippen LogP contribution in [0, 0.1) is 5.92 Å². The minimum atomic E-state index is 0.421. The average molecular weight is 294 g/mol. The van der Waals surface area contributed by atoms with Crippen LogP contribution in [0.15, 0.2) is 46.9 Å². The molecule has 3 heteroatoms. The summed E-state index contributed by atoms with van der Waals surface area (Å²) in [5.74, 6) is 0.747. The van der Waals surface area contributed by atoms with Gasteiger partial charge in [0.1, 0.15) is 11.2 Å². The Morgan fingerprint density at radius 2 is 1.73 bits per heavy atom. The molecule has 0 saturated heterocycles. The normalized spacial score (nSPS) is 22.2. The van der Waals surface area contributed by atoms with E-state index < -0.39 is 0 Å². The molecule has 3 aromatic rings. The Hall–Kier alpha value is -2.00. The predicted molar refractivity (Wildman–Crippen MR) is 92.1 cm³/mol. The summed E-state index contributed by atoms with van der Waals surface area (Å²) in [6.07, 6.45) is 4.81. The van der Waals surface area contributed by atoms with Crippen molar-refractivity contribution >= 4 is 27.6 Å². The number of rotatable bonds is 3. The quantitative estimate of drug-likeness (QED) is 0.747. The van der Waals surface area contributed by atoms with Crippen LogP contribution in [0.25, 0.3) is 21.9 Å². The molecule has 1 fully saturated rings. The summed E-state index contributed by atoms with van der Waals surface area (Å²) in [7, 11) is 0. The summed E-state index contributed by atoms with van der Waals surface area (Å²) in [6.45, 7) is 1.04. The number of para-hydroxylation sites is 1. The van der Waals surface area contributed by atoms with Gasteiger partial charge in [-0.15, -0.1) is 0 Å². The number of furan rings is 1. The van der Waals surface area contributed by atoms with E-state index in [1.807, 2.05) is 12.1 Å². The molecule has 0 radical (unpaired) electrons. The lowest BCUT2D eigenvalue weighted by molar-refractivity contribution is 0.339. The Morgan fingerprint density at radius 3 is 2.59 bits per heavy atom. The van der Waals surface area contributed by atoms with Gasteiger partial charge in [0.15, 0.2) is 0 Å². The Bertz CT molecular complexity index is 784. The Kier molecular flexibility index (Phi) is 3.51. The van der Waals surface area contributed by atoms with E-state index in [4.69, 9.17) is 10.2 Å². The van der Waals surface area contributed by atoms with Gasteiger partial charge in [-0.1, -0.05) is 18.2 Å². The Balaban J connectivity index is 1.53. The van der Waals surface area contributed by atoms with E-state index in [9.17, 15) is 0 Å². The Labute approximate surface area is 130 Å². The third kappa shape index (κ3) is 2.57. The maximum absolute atomic E-state index is 5.98. The first-order valence-corrected chi connectivity index (χ1v) is 8.20. The van der Waals surface area contributed by atoms with Gasteiger partial charge in [-0.05, 0) is 55.9 Å². The van der Waals surface area contributed by atoms with Crippen LogP contribution in [0.3, 0.4) is 0 Å². The smallest absolute Gasteiger partial charge is 0.135 e. The van der Waals surface area contributed by atoms with Gasteiger partial charge in [-0.3, -0.25) is 0 Å². The lowest BCUT2D eigenvalue weighted by Crippen LogP contribution is -2.29. The fourth-order valence-corrected chi connectivity index (χ4v) is 3.49. The highest BCUT2D eigenvalue weighted by molar-refractivity contribution is 6.05. The zero-order valence-electron chi connectivity index (χ0n) is 12.7. The van der Waals surface area contributed by atoms with Gasteiger partial charge in [0.2, 0.25) is 0 Å². The molecule has 1 heterocycles. The highest BCUT2D eigenvalue weighted by Gasteiger charge is 2.18. The molecular formula is C19H22N2O. The number of anilines is 1. The molecule has 0 spiro atoms. The number of hydrogen-bond donors (Lipinski definition) is 2. The molecule has 0 atom stereocenters. The molecule has 0 bridgehead atoms. The molecule has 3 N–H and O–H groups in total. The van der Waals surface area contributed by atoms with Crippen LogP contribution < -0.4 is 11.1 Å². The minimum Gasteiger partial charge on any atom is -0.456 e. The van der Waals surface area contributed by atoms with E-state index in [1.54, 1.807) is 0 Å². The first-order valence-electron chi connectivity index (χ1n) is 8.20. The summed E-state index contributed by atoms with van der Waals surface area (Å²) in [5, 5.41) is 5.96. The maximum Gasteiger partial charge on any atom is 0.135 e. The molecule has 3 nitrogen and oxygen atoms in total. The highest BCUT2D eigenvalue weighted by atomic mass is 16.3. The monoisotopic (exact) mass is 294 g/mol. The molecule has 1 saturated carbocycles. The van der Waals surface area contributed by atoms with Crippen LogP contribution in [0.2, 0.25) is 0 Å². The number of hydrogen-bond acceptors (Lipinski definition) is 3. The van der Waals surface area contributed by atoms with Crippen LogP contribution in [0.1, 0.15) is 25.7 Å².